The Morgan fingerprint density at radius 3 is 1.54 bits per heavy atom. The highest BCUT2D eigenvalue weighted by Gasteiger charge is 2.28. The van der Waals surface area contributed by atoms with Crippen LogP contribution in [0.5, 0.6) is 11.5 Å². The summed E-state index contributed by atoms with van der Waals surface area (Å²) >= 11 is 1.65. The molecule has 0 saturated carbocycles. The Labute approximate surface area is 283 Å². The van der Waals surface area contributed by atoms with Gasteiger partial charge in [-0.25, -0.2) is 0 Å². The molecule has 1 unspecified atom stereocenters. The maximum absolute atomic E-state index is 12.5. The molecule has 2 aromatic rings. The quantitative estimate of drug-likeness (QED) is 0.120. The van der Waals surface area contributed by atoms with Gasteiger partial charge in [-0.15, -0.1) is 0 Å². The maximum atomic E-state index is 12.5. The second kappa shape index (κ2) is 16.1. The molecule has 0 aromatic heterocycles. The van der Waals surface area contributed by atoms with Gasteiger partial charge < -0.3 is 24.5 Å². The Bertz CT molecular complexity index is 1250. The van der Waals surface area contributed by atoms with E-state index >= 15 is 0 Å². The molecular weight excluding hydrogens is 596 g/mol. The van der Waals surface area contributed by atoms with Crippen molar-refractivity contribution in [2.24, 2.45) is 5.92 Å². The minimum Gasteiger partial charge on any atom is -0.507 e. The summed E-state index contributed by atoms with van der Waals surface area (Å²) in [7, 11) is 0. The molecule has 0 amide bonds. The summed E-state index contributed by atoms with van der Waals surface area (Å²) < 4.78 is 11.3. The summed E-state index contributed by atoms with van der Waals surface area (Å²) in [6, 6.07) is 8.07. The van der Waals surface area contributed by atoms with Gasteiger partial charge in [-0.1, -0.05) is 107 Å². The molecule has 2 rings (SSSR count). The average Bonchev–Trinajstić information content (AvgIpc) is 2.91. The van der Waals surface area contributed by atoms with Crippen LogP contribution in [-0.2, 0) is 53.6 Å². The predicted octanol–water partition coefficient (Wildman–Crippen LogP) is 8.57. The zero-order chi connectivity index (χ0) is 35.1. The SMILES string of the molecule is CC(C)(C)c1cc(CCC(=O)OCCSCCOCC(C=O)Cc2cc(C(C)(C)C)c(O)c(C(C)(C)C)c2)cc(C(C)(C)C)c1O. The fourth-order valence-corrected chi connectivity index (χ4v) is 6.02. The van der Waals surface area contributed by atoms with Gasteiger partial charge in [0.05, 0.1) is 13.2 Å². The van der Waals surface area contributed by atoms with Crippen molar-refractivity contribution in [2.75, 3.05) is 31.3 Å². The van der Waals surface area contributed by atoms with Crippen LogP contribution in [0.2, 0.25) is 0 Å². The molecular formula is C39H60O6S. The lowest BCUT2D eigenvalue weighted by Crippen LogP contribution is -2.20. The van der Waals surface area contributed by atoms with Crippen LogP contribution in [0.25, 0.3) is 0 Å². The monoisotopic (exact) mass is 656 g/mol. The molecule has 0 aliphatic heterocycles. The largest absolute Gasteiger partial charge is 0.507 e. The first kappa shape index (κ1) is 39.7. The Morgan fingerprint density at radius 2 is 1.13 bits per heavy atom. The summed E-state index contributed by atoms with van der Waals surface area (Å²) in [5.74, 6) is 1.59. The normalized spacial score (nSPS) is 13.5. The van der Waals surface area contributed by atoms with E-state index in [1.54, 1.807) is 11.8 Å². The van der Waals surface area contributed by atoms with Crippen molar-refractivity contribution in [1.29, 1.82) is 0 Å². The fourth-order valence-electron chi connectivity index (χ4n) is 5.37. The van der Waals surface area contributed by atoms with Crippen LogP contribution in [0.4, 0.5) is 0 Å². The first-order chi connectivity index (χ1) is 21.1. The molecule has 0 heterocycles. The van der Waals surface area contributed by atoms with Crippen molar-refractivity contribution >= 4 is 24.0 Å². The van der Waals surface area contributed by atoms with Crippen LogP contribution >= 0.6 is 11.8 Å². The summed E-state index contributed by atoms with van der Waals surface area (Å²) in [6.07, 6.45) is 2.36. The van der Waals surface area contributed by atoms with E-state index in [2.05, 4.69) is 83.1 Å². The van der Waals surface area contributed by atoms with Crippen molar-refractivity contribution in [3.05, 3.63) is 57.6 Å². The second-order valence-corrected chi connectivity index (χ2v) is 17.8. The van der Waals surface area contributed by atoms with Gasteiger partial charge in [0.2, 0.25) is 0 Å². The average molecular weight is 657 g/mol. The number of phenolic OH excluding ortho intramolecular Hbond substituents is 2. The molecule has 0 bridgehead atoms. The number of rotatable bonds is 14. The number of esters is 1. The van der Waals surface area contributed by atoms with Crippen LogP contribution in [0.1, 0.15) is 123 Å². The molecule has 2 N–H and O–H groups in total. The maximum Gasteiger partial charge on any atom is 0.306 e. The van der Waals surface area contributed by atoms with Gasteiger partial charge in [0, 0.05) is 23.8 Å². The van der Waals surface area contributed by atoms with E-state index in [0.29, 0.717) is 49.9 Å². The van der Waals surface area contributed by atoms with E-state index in [-0.39, 0.29) is 40.0 Å². The molecule has 6 nitrogen and oxygen atoms in total. The van der Waals surface area contributed by atoms with Gasteiger partial charge in [0.15, 0.2) is 0 Å². The number of carbonyl (C=O) groups excluding carboxylic acids is 2. The molecule has 0 aliphatic rings. The molecule has 0 fully saturated rings. The van der Waals surface area contributed by atoms with Crippen LogP contribution in [-0.4, -0.2) is 53.8 Å². The van der Waals surface area contributed by atoms with Crippen molar-refractivity contribution < 1.29 is 29.3 Å². The first-order valence-corrected chi connectivity index (χ1v) is 17.7. The molecule has 0 aliphatic carbocycles. The van der Waals surface area contributed by atoms with Crippen LogP contribution in [0, 0.1) is 5.92 Å². The lowest BCUT2D eigenvalue weighted by atomic mass is 9.77. The van der Waals surface area contributed by atoms with Crippen molar-refractivity contribution in [3.8, 4) is 11.5 Å². The zero-order valence-corrected chi connectivity index (χ0v) is 31.4. The first-order valence-electron chi connectivity index (χ1n) is 16.6. The van der Waals surface area contributed by atoms with Gasteiger partial charge in [-0.05, 0) is 67.9 Å². The Kier molecular flexibility index (Phi) is 13.8. The zero-order valence-electron chi connectivity index (χ0n) is 30.6. The molecule has 1 atom stereocenters. The standard InChI is InChI=1S/C39H60O6S/c1-36(2,3)29-20-26(21-30(34(29)42)37(4,5)6)13-14-33(41)45-16-18-46-17-15-44-25-28(24-40)19-27-22-31(38(7,8)9)35(43)32(23-27)39(10,11)12/h20-24,28,42-43H,13-19,25H2,1-12H3. The van der Waals surface area contributed by atoms with E-state index in [0.717, 1.165) is 45.4 Å². The van der Waals surface area contributed by atoms with E-state index in [9.17, 15) is 19.8 Å². The Morgan fingerprint density at radius 1 is 0.717 bits per heavy atom. The molecule has 7 heteroatoms. The third-order valence-electron chi connectivity index (χ3n) is 8.07. The molecule has 258 valence electrons. The van der Waals surface area contributed by atoms with Crippen molar-refractivity contribution in [3.63, 3.8) is 0 Å². The number of phenols is 2. The van der Waals surface area contributed by atoms with E-state index in [1.807, 2.05) is 24.3 Å². The van der Waals surface area contributed by atoms with E-state index < -0.39 is 0 Å². The summed E-state index contributed by atoms with van der Waals surface area (Å²) in [5, 5.41) is 21.9. The molecule has 0 spiro atoms. The third-order valence-corrected chi connectivity index (χ3v) is 8.98. The van der Waals surface area contributed by atoms with Gasteiger partial charge in [0.1, 0.15) is 24.4 Å². The Balaban J connectivity index is 1.79. The highest BCUT2D eigenvalue weighted by molar-refractivity contribution is 7.99. The van der Waals surface area contributed by atoms with Gasteiger partial charge in [0.25, 0.3) is 0 Å². The van der Waals surface area contributed by atoms with E-state index in [4.69, 9.17) is 9.47 Å². The highest BCUT2D eigenvalue weighted by atomic mass is 32.2. The molecule has 2 aromatic carbocycles. The molecule has 46 heavy (non-hydrogen) atoms. The van der Waals surface area contributed by atoms with Gasteiger partial charge >= 0.3 is 5.97 Å². The summed E-state index contributed by atoms with van der Waals surface area (Å²) in [5.41, 5.74) is 4.75. The number of aromatic hydroxyl groups is 2. The van der Waals surface area contributed by atoms with Gasteiger partial charge in [-0.2, -0.15) is 11.8 Å². The number of ether oxygens (including phenoxy) is 2. The summed E-state index contributed by atoms with van der Waals surface area (Å²) in [6.45, 7) is 26.2. The van der Waals surface area contributed by atoms with Crippen molar-refractivity contribution in [1.82, 2.24) is 0 Å². The number of aldehydes is 1. The number of hydrogen-bond acceptors (Lipinski definition) is 7. The van der Waals surface area contributed by atoms with E-state index in [1.165, 1.54) is 0 Å². The number of benzene rings is 2. The lowest BCUT2D eigenvalue weighted by Gasteiger charge is -2.28. The predicted molar refractivity (Wildman–Crippen MR) is 192 cm³/mol. The van der Waals surface area contributed by atoms with Crippen molar-refractivity contribution in [2.45, 2.75) is 124 Å². The minimum atomic E-state index is -0.274. The highest BCUT2D eigenvalue weighted by Crippen LogP contribution is 2.41. The number of thioether (sulfide) groups is 1. The second-order valence-electron chi connectivity index (χ2n) is 16.6. The third kappa shape index (κ3) is 11.9. The van der Waals surface area contributed by atoms with Crippen LogP contribution in [0.3, 0.4) is 0 Å². The molecule has 0 saturated heterocycles. The number of hydrogen-bond donors (Lipinski definition) is 2. The Hall–Kier alpha value is -2.51. The number of aryl methyl sites for hydroxylation is 1. The minimum absolute atomic E-state index is 0.214. The topological polar surface area (TPSA) is 93.1 Å². The molecule has 0 radical (unpaired) electrons. The smallest absolute Gasteiger partial charge is 0.306 e. The van der Waals surface area contributed by atoms with Gasteiger partial charge in [-0.3, -0.25) is 4.79 Å². The lowest BCUT2D eigenvalue weighted by molar-refractivity contribution is -0.142. The number of carbonyl (C=O) groups is 2. The van der Waals surface area contributed by atoms with Crippen LogP contribution in [0.15, 0.2) is 24.3 Å². The van der Waals surface area contributed by atoms with Crippen LogP contribution < -0.4 is 0 Å². The summed E-state index contributed by atoms with van der Waals surface area (Å²) in [4.78, 5) is 24.4. The fraction of sp³-hybridized carbons (Fsp3) is 0.641.